The van der Waals surface area contributed by atoms with Gasteiger partial charge in [0.05, 0.1) is 32.8 Å². The second kappa shape index (κ2) is 43.8. The lowest BCUT2D eigenvalue weighted by atomic mass is 10.0. The minimum atomic E-state index is -4.24. The predicted molar refractivity (Wildman–Crippen MR) is 247 cm³/mol. The van der Waals surface area contributed by atoms with Gasteiger partial charge in [-0.25, -0.2) is 4.18 Å². The summed E-state index contributed by atoms with van der Waals surface area (Å²) < 4.78 is 34.7. The standard InChI is InChI=1S/C32H66NS.C16H34O4S/c1-3-5-7-9-11-13-15-16-17-18-20-22-24-26-28-33(29-31-34-32-30-33)27-25-23-21-19-14-12-10-8-6-4-2;1-2-3-4-5-6-7-8-9-10-11-12-13-14-15-16-20-21(17,18)19/h3-32H2,1-2H3;2-16H2,1H3,(H,17,18,19)/q+1;. The molecule has 1 heterocycles. The van der Waals surface area contributed by atoms with Crippen LogP contribution in [0.1, 0.15) is 265 Å². The summed E-state index contributed by atoms with van der Waals surface area (Å²) in [4.78, 5) is 0. The molecule has 0 aliphatic carbocycles. The molecule has 0 amide bonds. The van der Waals surface area contributed by atoms with E-state index < -0.39 is 10.4 Å². The summed E-state index contributed by atoms with van der Waals surface area (Å²) in [5, 5.41) is 0. The van der Waals surface area contributed by atoms with Crippen LogP contribution in [0.4, 0.5) is 0 Å². The van der Waals surface area contributed by atoms with Crippen molar-refractivity contribution in [3.8, 4) is 0 Å². The van der Waals surface area contributed by atoms with Gasteiger partial charge in [-0.2, -0.15) is 20.2 Å². The molecular formula is C48H100NO4S2+. The summed E-state index contributed by atoms with van der Waals surface area (Å²) in [5.41, 5.74) is 0. The van der Waals surface area contributed by atoms with E-state index in [9.17, 15) is 8.42 Å². The molecule has 1 aliphatic heterocycles. The van der Waals surface area contributed by atoms with Gasteiger partial charge in [0.2, 0.25) is 0 Å². The Labute approximate surface area is 351 Å². The third-order valence-electron chi connectivity index (χ3n) is 12.1. The van der Waals surface area contributed by atoms with Gasteiger partial charge in [0, 0.05) is 11.5 Å². The summed E-state index contributed by atoms with van der Waals surface area (Å²) in [7, 11) is -4.24. The lowest BCUT2D eigenvalue weighted by molar-refractivity contribution is -0.925. The Bertz CT molecular complexity index is 834. The first-order valence-electron chi connectivity index (χ1n) is 24.9. The minimum absolute atomic E-state index is 0.0941. The van der Waals surface area contributed by atoms with E-state index in [1.54, 1.807) is 0 Å². The maximum atomic E-state index is 10.3. The lowest BCUT2D eigenvalue weighted by Gasteiger charge is -2.41. The number of rotatable bonds is 42. The van der Waals surface area contributed by atoms with E-state index in [2.05, 4.69) is 36.7 Å². The van der Waals surface area contributed by atoms with Crippen LogP contribution in [0.3, 0.4) is 0 Å². The molecule has 0 spiro atoms. The average molecular weight is 819 g/mol. The average Bonchev–Trinajstić information content (AvgIpc) is 3.17. The van der Waals surface area contributed by atoms with Crippen LogP contribution < -0.4 is 0 Å². The van der Waals surface area contributed by atoms with Gasteiger partial charge in [0.25, 0.3) is 0 Å². The Hall–Kier alpha value is 0.180. The van der Waals surface area contributed by atoms with Crippen LogP contribution in [-0.4, -0.2) is 61.7 Å². The maximum absolute atomic E-state index is 10.3. The van der Waals surface area contributed by atoms with Crippen molar-refractivity contribution in [2.24, 2.45) is 0 Å². The Morgan fingerprint density at radius 3 is 0.891 bits per heavy atom. The van der Waals surface area contributed by atoms with Crippen molar-refractivity contribution >= 4 is 22.2 Å². The van der Waals surface area contributed by atoms with E-state index in [-0.39, 0.29) is 6.61 Å². The molecule has 0 aromatic heterocycles. The molecule has 1 saturated heterocycles. The molecule has 0 atom stereocenters. The van der Waals surface area contributed by atoms with Gasteiger partial charge in [0.1, 0.15) is 0 Å². The first-order valence-corrected chi connectivity index (χ1v) is 27.5. The SMILES string of the molecule is CCCCCCCCCCCCCCCCOS(=O)(=O)O.CCCCCCCCCCCCCCCC[N+]1(CCCCCCCCCCCC)CCSCC1. The normalized spacial score (nSPS) is 14.3. The molecule has 1 aliphatic rings. The van der Waals surface area contributed by atoms with Crippen molar-refractivity contribution in [2.45, 2.75) is 265 Å². The van der Waals surface area contributed by atoms with Crippen LogP contribution in [-0.2, 0) is 14.6 Å². The number of nitrogens with zero attached hydrogens (tertiary/aromatic N) is 1. The van der Waals surface area contributed by atoms with Crippen LogP contribution in [0.5, 0.6) is 0 Å². The van der Waals surface area contributed by atoms with E-state index in [0.29, 0.717) is 6.42 Å². The second-order valence-corrected chi connectivity index (χ2v) is 19.8. The second-order valence-electron chi connectivity index (χ2n) is 17.5. The first-order chi connectivity index (χ1) is 26.9. The van der Waals surface area contributed by atoms with Crippen molar-refractivity contribution in [3.05, 3.63) is 0 Å². The molecule has 1 fully saturated rings. The smallest absolute Gasteiger partial charge is 0.322 e. The van der Waals surface area contributed by atoms with E-state index in [4.69, 9.17) is 4.55 Å². The fourth-order valence-electron chi connectivity index (χ4n) is 8.33. The molecule has 0 radical (unpaired) electrons. The monoisotopic (exact) mass is 819 g/mol. The van der Waals surface area contributed by atoms with Crippen molar-refractivity contribution in [3.63, 3.8) is 0 Å². The molecular weight excluding hydrogens is 719 g/mol. The Kier molecular flexibility index (Phi) is 43.9. The van der Waals surface area contributed by atoms with Gasteiger partial charge in [-0.15, -0.1) is 0 Å². The summed E-state index contributed by atoms with van der Waals surface area (Å²) in [6, 6.07) is 0. The van der Waals surface area contributed by atoms with Gasteiger partial charge < -0.3 is 4.48 Å². The Balaban J connectivity index is 0.00000119. The minimum Gasteiger partial charge on any atom is -0.322 e. The van der Waals surface area contributed by atoms with Crippen molar-refractivity contribution in [1.82, 2.24) is 0 Å². The summed E-state index contributed by atoms with van der Waals surface area (Å²) in [5.74, 6) is 2.83. The molecule has 7 heteroatoms. The predicted octanol–water partition coefficient (Wildman–Crippen LogP) is 16.2. The largest absolute Gasteiger partial charge is 0.397 e. The quantitative estimate of drug-likeness (QED) is 0.0378. The maximum Gasteiger partial charge on any atom is 0.397 e. The van der Waals surface area contributed by atoms with Crippen molar-refractivity contribution in [2.75, 3.05) is 44.3 Å². The highest BCUT2D eigenvalue weighted by Crippen LogP contribution is 2.23. The lowest BCUT2D eigenvalue weighted by Crippen LogP contribution is -2.54. The molecule has 0 bridgehead atoms. The highest BCUT2D eigenvalue weighted by Gasteiger charge is 2.28. The molecule has 0 aromatic rings. The van der Waals surface area contributed by atoms with E-state index in [1.165, 1.54) is 267 Å². The number of unbranched alkanes of at least 4 members (excludes halogenated alkanes) is 35. The van der Waals surface area contributed by atoms with Gasteiger partial charge in [-0.3, -0.25) is 4.55 Å². The Morgan fingerprint density at radius 2 is 0.636 bits per heavy atom. The molecule has 0 aromatic carbocycles. The van der Waals surface area contributed by atoms with Crippen LogP contribution in [0.15, 0.2) is 0 Å². The molecule has 5 nitrogen and oxygen atoms in total. The molecule has 332 valence electrons. The summed E-state index contributed by atoms with van der Waals surface area (Å²) in [6.45, 7) is 12.9. The van der Waals surface area contributed by atoms with Crippen LogP contribution in [0.2, 0.25) is 0 Å². The zero-order valence-electron chi connectivity index (χ0n) is 37.8. The van der Waals surface area contributed by atoms with E-state index >= 15 is 0 Å². The van der Waals surface area contributed by atoms with Crippen molar-refractivity contribution in [1.29, 1.82) is 0 Å². The van der Waals surface area contributed by atoms with Crippen LogP contribution >= 0.6 is 11.8 Å². The fraction of sp³-hybridized carbons (Fsp3) is 1.00. The molecule has 55 heavy (non-hydrogen) atoms. The summed E-state index contributed by atoms with van der Waals surface area (Å²) in [6.07, 6.45) is 52.9. The third kappa shape index (κ3) is 43.6. The zero-order valence-corrected chi connectivity index (χ0v) is 39.4. The topological polar surface area (TPSA) is 63.6 Å². The Morgan fingerprint density at radius 1 is 0.400 bits per heavy atom. The highest BCUT2D eigenvalue weighted by atomic mass is 32.3. The number of hydrogen-bond donors (Lipinski definition) is 1. The van der Waals surface area contributed by atoms with Gasteiger partial charge in [0.15, 0.2) is 0 Å². The zero-order chi connectivity index (χ0) is 40.2. The first kappa shape index (κ1) is 55.2. The molecule has 1 rings (SSSR count). The number of hydrogen-bond acceptors (Lipinski definition) is 4. The number of thioether (sulfide) groups is 1. The van der Waals surface area contributed by atoms with Gasteiger partial charge >= 0.3 is 10.4 Å². The highest BCUT2D eigenvalue weighted by molar-refractivity contribution is 7.99. The van der Waals surface area contributed by atoms with E-state index in [0.717, 1.165) is 12.8 Å². The van der Waals surface area contributed by atoms with Crippen molar-refractivity contribution < 1.29 is 21.6 Å². The van der Waals surface area contributed by atoms with Crippen LogP contribution in [0.25, 0.3) is 0 Å². The fourth-order valence-corrected chi connectivity index (χ4v) is 9.89. The van der Waals surface area contributed by atoms with Gasteiger partial charge in [-0.05, 0) is 32.1 Å². The number of quaternary nitrogens is 1. The molecule has 0 saturated carbocycles. The third-order valence-corrected chi connectivity index (χ3v) is 13.5. The molecule has 1 N–H and O–H groups in total. The van der Waals surface area contributed by atoms with Gasteiger partial charge in [-0.1, -0.05) is 233 Å². The summed E-state index contributed by atoms with van der Waals surface area (Å²) >= 11 is 2.20. The van der Waals surface area contributed by atoms with E-state index in [1.807, 2.05) is 0 Å². The van der Waals surface area contributed by atoms with Crippen LogP contribution in [0, 0.1) is 0 Å². The molecule has 0 unspecified atom stereocenters.